The molecule has 3 aromatic heterocycles. The molecule has 0 amide bonds. The topological polar surface area (TPSA) is 43.1 Å². The molecule has 0 atom stereocenters. The van der Waals surface area contributed by atoms with Crippen molar-refractivity contribution in [3.05, 3.63) is 60.1 Å². The fourth-order valence-corrected chi connectivity index (χ4v) is 3.61. The Labute approximate surface area is 156 Å². The lowest BCUT2D eigenvalue weighted by Gasteiger charge is -2.04. The summed E-state index contributed by atoms with van der Waals surface area (Å²) in [7, 11) is 1.93. The van der Waals surface area contributed by atoms with Gasteiger partial charge in [-0.15, -0.1) is 0 Å². The predicted molar refractivity (Wildman–Crippen MR) is 97.6 cm³/mol. The van der Waals surface area contributed by atoms with Crippen molar-refractivity contribution >= 4 is 33.0 Å². The first-order valence-corrected chi connectivity index (χ1v) is 8.62. The molecule has 0 spiro atoms. The number of pyridine rings is 1. The Balaban J connectivity index is 1.90. The van der Waals surface area contributed by atoms with Crippen molar-refractivity contribution in [2.45, 2.75) is 13.1 Å². The fourth-order valence-electron chi connectivity index (χ4n) is 3.61. The van der Waals surface area contributed by atoms with Crippen molar-refractivity contribution in [1.29, 1.82) is 0 Å². The van der Waals surface area contributed by atoms with Gasteiger partial charge in [0.15, 0.2) is 22.9 Å². The first-order valence-electron chi connectivity index (χ1n) is 8.62. The number of hydrogen-bond acceptors (Lipinski definition) is 3. The van der Waals surface area contributed by atoms with Crippen molar-refractivity contribution in [3.63, 3.8) is 0 Å². The maximum absolute atomic E-state index is 13.0. The number of fused-ring (bicyclic) bond motifs is 5. The van der Waals surface area contributed by atoms with E-state index >= 15 is 0 Å². The van der Waals surface area contributed by atoms with Crippen molar-refractivity contribution in [2.75, 3.05) is 0 Å². The first kappa shape index (κ1) is 16.8. The Bertz CT molecular complexity index is 1380. The second-order valence-electron chi connectivity index (χ2n) is 6.74. The van der Waals surface area contributed by atoms with Gasteiger partial charge >= 0.3 is 12.1 Å². The van der Waals surface area contributed by atoms with Gasteiger partial charge in [-0.3, -0.25) is 0 Å². The van der Waals surface area contributed by atoms with Crippen LogP contribution >= 0.6 is 0 Å². The smallest absolute Gasteiger partial charge is 0.453 e. The lowest BCUT2D eigenvalue weighted by Crippen LogP contribution is -2.30. The molecule has 0 aliphatic carbocycles. The monoisotopic (exact) mass is 383 g/mol. The maximum Gasteiger partial charge on any atom is 0.468 e. The number of alkyl halides is 3. The molecule has 0 saturated heterocycles. The van der Waals surface area contributed by atoms with Gasteiger partial charge < -0.3 is 8.83 Å². The highest BCUT2D eigenvalue weighted by molar-refractivity contribution is 6.15. The average Bonchev–Trinajstić information content (AvgIpc) is 3.23. The molecule has 2 aromatic carbocycles. The quantitative estimate of drug-likeness (QED) is 0.357. The summed E-state index contributed by atoms with van der Waals surface area (Å²) in [5.74, 6) is -1.28. The normalized spacial score (nSPS) is 12.5. The zero-order chi connectivity index (χ0) is 19.6. The van der Waals surface area contributed by atoms with Gasteiger partial charge in [0.1, 0.15) is 12.6 Å². The van der Waals surface area contributed by atoms with Crippen molar-refractivity contribution in [3.8, 4) is 11.3 Å². The summed E-state index contributed by atoms with van der Waals surface area (Å²) >= 11 is 0. The standard InChI is InChI=1S/C21H14F3N2O2/c1-11-6-7-12-13-8-9-15-17(25-20(27-15)21(22,23)24)19(13)28-18(12)16(11)14-5-3-4-10-26(14)2/h3-10H,1-2H3/q+1. The lowest BCUT2D eigenvalue weighted by molar-refractivity contribution is -0.660. The van der Waals surface area contributed by atoms with E-state index in [1.807, 2.05) is 55.1 Å². The van der Waals surface area contributed by atoms with Gasteiger partial charge in [-0.2, -0.15) is 13.2 Å². The molecule has 0 radical (unpaired) electrons. The third kappa shape index (κ3) is 2.32. The van der Waals surface area contributed by atoms with Crippen LogP contribution in [-0.2, 0) is 13.2 Å². The van der Waals surface area contributed by atoms with E-state index in [0.29, 0.717) is 11.0 Å². The fraction of sp³-hybridized carbons (Fsp3) is 0.143. The minimum Gasteiger partial charge on any atom is -0.453 e. The highest BCUT2D eigenvalue weighted by Crippen LogP contribution is 2.40. The van der Waals surface area contributed by atoms with E-state index in [9.17, 15) is 13.2 Å². The number of furan rings is 1. The Morgan fingerprint density at radius 2 is 1.68 bits per heavy atom. The molecule has 0 bridgehead atoms. The highest BCUT2D eigenvalue weighted by Gasteiger charge is 2.38. The number of aryl methyl sites for hydroxylation is 2. The predicted octanol–water partition coefficient (Wildman–Crippen LogP) is 5.55. The zero-order valence-corrected chi connectivity index (χ0v) is 15.0. The average molecular weight is 383 g/mol. The molecular weight excluding hydrogens is 369 g/mol. The summed E-state index contributed by atoms with van der Waals surface area (Å²) in [4.78, 5) is 3.66. The van der Waals surface area contributed by atoms with Gasteiger partial charge in [-0.1, -0.05) is 12.1 Å². The van der Waals surface area contributed by atoms with Crippen LogP contribution in [0.2, 0.25) is 0 Å². The molecule has 0 fully saturated rings. The summed E-state index contributed by atoms with van der Waals surface area (Å²) in [5, 5.41) is 1.52. The highest BCUT2D eigenvalue weighted by atomic mass is 19.4. The van der Waals surface area contributed by atoms with Crippen LogP contribution in [0.15, 0.2) is 57.5 Å². The molecule has 0 unspecified atom stereocenters. The van der Waals surface area contributed by atoms with Crippen LogP contribution in [0.25, 0.3) is 44.3 Å². The number of halogens is 3. The van der Waals surface area contributed by atoms with E-state index in [1.54, 1.807) is 6.07 Å². The first-order chi connectivity index (χ1) is 13.3. The number of hydrogen-bond donors (Lipinski definition) is 0. The Morgan fingerprint density at radius 3 is 2.43 bits per heavy atom. The van der Waals surface area contributed by atoms with Crippen molar-refractivity contribution < 1.29 is 26.6 Å². The summed E-state index contributed by atoms with van der Waals surface area (Å²) in [6.07, 6.45) is -2.72. The van der Waals surface area contributed by atoms with Crippen LogP contribution in [0, 0.1) is 6.92 Å². The van der Waals surface area contributed by atoms with Crippen molar-refractivity contribution in [1.82, 2.24) is 4.98 Å². The van der Waals surface area contributed by atoms with Gasteiger partial charge in [0.05, 0.1) is 5.56 Å². The van der Waals surface area contributed by atoms with Gasteiger partial charge in [-0.25, -0.2) is 9.55 Å². The van der Waals surface area contributed by atoms with Gasteiger partial charge in [0.25, 0.3) is 0 Å². The van der Waals surface area contributed by atoms with E-state index in [-0.39, 0.29) is 16.7 Å². The van der Waals surface area contributed by atoms with E-state index in [4.69, 9.17) is 8.83 Å². The Morgan fingerprint density at radius 1 is 0.929 bits per heavy atom. The molecule has 3 heterocycles. The zero-order valence-electron chi connectivity index (χ0n) is 15.0. The number of rotatable bonds is 1. The molecule has 7 heteroatoms. The molecule has 0 saturated carbocycles. The van der Waals surface area contributed by atoms with Crippen LogP contribution in [0.3, 0.4) is 0 Å². The SMILES string of the molecule is Cc1ccc2c(oc3c2ccc2oc(C(F)(F)F)nc23)c1-c1cccc[n+]1C. The number of benzene rings is 2. The van der Waals surface area contributed by atoms with Gasteiger partial charge in [-0.05, 0) is 30.7 Å². The summed E-state index contributed by atoms with van der Waals surface area (Å²) in [6.45, 7) is 1.97. The minimum atomic E-state index is -4.66. The van der Waals surface area contributed by atoms with E-state index < -0.39 is 12.1 Å². The molecule has 4 nitrogen and oxygen atoms in total. The molecule has 28 heavy (non-hydrogen) atoms. The maximum atomic E-state index is 13.0. The molecule has 5 aromatic rings. The lowest BCUT2D eigenvalue weighted by atomic mass is 10.0. The molecule has 5 rings (SSSR count). The molecule has 0 aliphatic rings. The summed E-state index contributed by atoms with van der Waals surface area (Å²) in [5.41, 5.74) is 3.85. The molecule has 140 valence electrons. The third-order valence-corrected chi connectivity index (χ3v) is 4.93. The van der Waals surface area contributed by atoms with Crippen molar-refractivity contribution in [2.24, 2.45) is 7.05 Å². The van der Waals surface area contributed by atoms with Crippen LogP contribution in [0.4, 0.5) is 13.2 Å². The minimum absolute atomic E-state index is 0.0439. The number of nitrogens with zero attached hydrogens (tertiary/aromatic N) is 2. The number of oxazole rings is 1. The molecule has 0 N–H and O–H groups in total. The van der Waals surface area contributed by atoms with Gasteiger partial charge in [0, 0.05) is 22.9 Å². The molecular formula is C21H14F3N2O2+. The van der Waals surface area contributed by atoms with E-state index in [2.05, 4.69) is 4.98 Å². The largest absolute Gasteiger partial charge is 0.468 e. The Hall–Kier alpha value is -3.35. The van der Waals surface area contributed by atoms with E-state index in [1.165, 1.54) is 6.07 Å². The second kappa shape index (κ2) is 5.58. The summed E-state index contributed by atoms with van der Waals surface area (Å²) in [6, 6.07) is 12.9. The van der Waals surface area contributed by atoms with E-state index in [0.717, 1.165) is 22.2 Å². The van der Waals surface area contributed by atoms with Crippen LogP contribution < -0.4 is 4.57 Å². The Kier molecular flexibility index (Phi) is 3.34. The second-order valence-corrected chi connectivity index (χ2v) is 6.74. The van der Waals surface area contributed by atoms with Crippen LogP contribution in [0.5, 0.6) is 0 Å². The van der Waals surface area contributed by atoms with Crippen LogP contribution in [0.1, 0.15) is 11.5 Å². The molecule has 0 aliphatic heterocycles. The number of aromatic nitrogens is 2. The van der Waals surface area contributed by atoms with Crippen LogP contribution in [-0.4, -0.2) is 4.98 Å². The van der Waals surface area contributed by atoms with Gasteiger partial charge in [0.2, 0.25) is 5.69 Å². The summed E-state index contributed by atoms with van der Waals surface area (Å²) < 4.78 is 52.1. The third-order valence-electron chi connectivity index (χ3n) is 4.93.